The zero-order valence-corrected chi connectivity index (χ0v) is 15.6. The van der Waals surface area contributed by atoms with Crippen LogP contribution < -0.4 is 10.6 Å². The third-order valence-electron chi connectivity index (χ3n) is 6.71. The van der Waals surface area contributed by atoms with Gasteiger partial charge in [-0.2, -0.15) is 0 Å². The molecule has 2 amide bonds. The number of aromatic nitrogens is 1. The Morgan fingerprint density at radius 2 is 2.00 bits per heavy atom. The number of carbonyl (C=O) groups is 2. The lowest BCUT2D eigenvalue weighted by atomic mass is 9.83. The number of rotatable bonds is 4. The molecule has 1 saturated heterocycles. The van der Waals surface area contributed by atoms with Gasteiger partial charge in [-0.25, -0.2) is 4.98 Å². The molecule has 1 aliphatic heterocycles. The molecule has 0 radical (unpaired) electrons. The van der Waals surface area contributed by atoms with Crippen molar-refractivity contribution >= 4 is 17.6 Å². The molecule has 2 bridgehead atoms. The topological polar surface area (TPSA) is 74.3 Å². The number of hydrogen-bond acceptors (Lipinski definition) is 4. The predicted octanol–water partition coefficient (Wildman–Crippen LogP) is 2.28. The number of hydrogen-bond donors (Lipinski definition) is 2. The van der Waals surface area contributed by atoms with Crippen LogP contribution in [-0.2, 0) is 4.79 Å². The summed E-state index contributed by atoms with van der Waals surface area (Å²) in [6, 6.07) is 3.65. The van der Waals surface area contributed by atoms with Gasteiger partial charge in [0.1, 0.15) is 5.82 Å². The predicted molar refractivity (Wildman–Crippen MR) is 99.8 cm³/mol. The molecular weight excluding hydrogens is 328 g/mol. The lowest BCUT2D eigenvalue weighted by molar-refractivity contribution is -0.131. The Morgan fingerprint density at radius 3 is 2.58 bits per heavy atom. The summed E-state index contributed by atoms with van der Waals surface area (Å²) < 4.78 is 0. The van der Waals surface area contributed by atoms with E-state index in [9.17, 15) is 9.59 Å². The van der Waals surface area contributed by atoms with Gasteiger partial charge >= 0.3 is 0 Å². The van der Waals surface area contributed by atoms with Crippen LogP contribution in [0.1, 0.15) is 49.4 Å². The average Bonchev–Trinajstić information content (AvgIpc) is 3.37. The van der Waals surface area contributed by atoms with Crippen LogP contribution in [0.4, 0.5) is 5.82 Å². The number of likely N-dealkylation sites (tertiary alicyclic amines) is 1. The highest BCUT2D eigenvalue weighted by molar-refractivity contribution is 5.94. The third-order valence-corrected chi connectivity index (χ3v) is 6.71. The summed E-state index contributed by atoms with van der Waals surface area (Å²) in [6.45, 7) is 3.37. The van der Waals surface area contributed by atoms with E-state index in [1.54, 1.807) is 19.3 Å². The van der Waals surface area contributed by atoms with Crippen molar-refractivity contribution in [2.45, 2.75) is 45.1 Å². The van der Waals surface area contributed by atoms with E-state index in [2.05, 4.69) is 22.5 Å². The van der Waals surface area contributed by atoms with Crippen LogP contribution in [0, 0.1) is 17.3 Å². The first-order valence-electron chi connectivity index (χ1n) is 9.75. The molecule has 2 heterocycles. The summed E-state index contributed by atoms with van der Waals surface area (Å²) in [6.07, 6.45) is 7.15. The maximum absolute atomic E-state index is 12.9. The van der Waals surface area contributed by atoms with E-state index in [0.29, 0.717) is 18.7 Å². The lowest BCUT2D eigenvalue weighted by Gasteiger charge is -2.28. The summed E-state index contributed by atoms with van der Waals surface area (Å²) in [4.78, 5) is 31.7. The van der Waals surface area contributed by atoms with E-state index in [0.717, 1.165) is 31.0 Å². The molecule has 26 heavy (non-hydrogen) atoms. The zero-order chi connectivity index (χ0) is 18.3. The minimum absolute atomic E-state index is 0.0105. The summed E-state index contributed by atoms with van der Waals surface area (Å²) in [5, 5.41) is 6.24. The van der Waals surface area contributed by atoms with Crippen LogP contribution in [0.25, 0.3) is 0 Å². The molecule has 2 saturated carbocycles. The number of anilines is 1. The summed E-state index contributed by atoms with van der Waals surface area (Å²) in [5.74, 6) is 1.98. The normalized spacial score (nSPS) is 32.7. The third kappa shape index (κ3) is 2.95. The molecule has 0 unspecified atom stereocenters. The van der Waals surface area contributed by atoms with Gasteiger partial charge in [-0.3, -0.25) is 9.59 Å². The van der Waals surface area contributed by atoms with E-state index in [-0.39, 0.29) is 29.2 Å². The average molecular weight is 356 g/mol. The first-order chi connectivity index (χ1) is 12.5. The largest absolute Gasteiger partial charge is 0.373 e. The fraction of sp³-hybridized carbons (Fsp3) is 0.650. The zero-order valence-electron chi connectivity index (χ0n) is 15.6. The molecule has 0 aromatic carbocycles. The number of nitrogens with zero attached hydrogens (tertiary/aromatic N) is 2. The van der Waals surface area contributed by atoms with Gasteiger partial charge in [0.2, 0.25) is 5.91 Å². The molecule has 0 spiro atoms. The Morgan fingerprint density at radius 1 is 1.23 bits per heavy atom. The van der Waals surface area contributed by atoms with Gasteiger partial charge in [-0.15, -0.1) is 0 Å². The van der Waals surface area contributed by atoms with Gasteiger partial charge in [0.05, 0.1) is 11.6 Å². The van der Waals surface area contributed by atoms with Crippen molar-refractivity contribution in [1.29, 1.82) is 0 Å². The van der Waals surface area contributed by atoms with Crippen LogP contribution in [-0.4, -0.2) is 47.9 Å². The minimum Gasteiger partial charge on any atom is -0.373 e. The molecule has 1 aromatic rings. The second-order valence-corrected chi connectivity index (χ2v) is 8.38. The fourth-order valence-corrected chi connectivity index (χ4v) is 5.00. The van der Waals surface area contributed by atoms with E-state index >= 15 is 0 Å². The van der Waals surface area contributed by atoms with Crippen LogP contribution in [0.5, 0.6) is 0 Å². The molecule has 3 fully saturated rings. The molecule has 140 valence electrons. The summed E-state index contributed by atoms with van der Waals surface area (Å²) in [7, 11) is 1.80. The van der Waals surface area contributed by atoms with E-state index < -0.39 is 0 Å². The molecule has 2 atom stereocenters. The van der Waals surface area contributed by atoms with Gasteiger partial charge in [0.15, 0.2) is 0 Å². The quantitative estimate of drug-likeness (QED) is 0.868. The number of amides is 2. The second-order valence-electron chi connectivity index (χ2n) is 8.38. The van der Waals surface area contributed by atoms with Crippen molar-refractivity contribution in [3.8, 4) is 0 Å². The molecular formula is C20H28N4O2. The Bertz CT molecular complexity index is 694. The van der Waals surface area contributed by atoms with Crippen LogP contribution in [0.2, 0.25) is 0 Å². The minimum atomic E-state index is -0.116. The van der Waals surface area contributed by atoms with Gasteiger partial charge in [0, 0.05) is 31.7 Å². The van der Waals surface area contributed by atoms with E-state index in [1.807, 2.05) is 11.0 Å². The number of pyridine rings is 1. The molecule has 2 N–H and O–H groups in total. The fourth-order valence-electron chi connectivity index (χ4n) is 5.00. The van der Waals surface area contributed by atoms with Crippen molar-refractivity contribution < 1.29 is 9.59 Å². The van der Waals surface area contributed by atoms with Crippen molar-refractivity contribution in [2.75, 3.05) is 25.5 Å². The first kappa shape index (κ1) is 17.3. The highest BCUT2D eigenvalue weighted by atomic mass is 16.2. The second kappa shape index (κ2) is 6.56. The van der Waals surface area contributed by atoms with Crippen molar-refractivity contribution in [2.24, 2.45) is 17.3 Å². The maximum atomic E-state index is 12.9. The van der Waals surface area contributed by atoms with Gasteiger partial charge in [-0.1, -0.05) is 6.92 Å². The highest BCUT2D eigenvalue weighted by Gasteiger charge is 2.50. The summed E-state index contributed by atoms with van der Waals surface area (Å²) in [5.41, 5.74) is 0.477. The van der Waals surface area contributed by atoms with E-state index in [4.69, 9.17) is 0 Å². The molecule has 1 aromatic heterocycles. The smallest absolute Gasteiger partial charge is 0.255 e. The molecule has 6 nitrogen and oxygen atoms in total. The lowest BCUT2D eigenvalue weighted by Crippen LogP contribution is -2.47. The SMILES string of the molecule is CNc1ccc(C(=O)N2C[C@@H](C)[C@@H](NC(=O)C34CCC(CC3)C4)C2)cn1. The molecule has 2 aliphatic carbocycles. The Hall–Kier alpha value is -2.11. The number of nitrogens with one attached hydrogen (secondary N) is 2. The molecule has 4 rings (SSSR count). The number of fused-ring (bicyclic) bond motifs is 2. The molecule has 6 heteroatoms. The van der Waals surface area contributed by atoms with E-state index in [1.165, 1.54) is 12.8 Å². The summed E-state index contributed by atoms with van der Waals surface area (Å²) >= 11 is 0. The monoisotopic (exact) mass is 356 g/mol. The molecule has 3 aliphatic rings. The van der Waals surface area contributed by atoms with Gasteiger partial charge in [-0.05, 0) is 56.1 Å². The standard InChI is InChI=1S/C20H28N4O2/c1-13-11-24(18(25)15-3-4-17(21-2)22-10-15)12-16(13)23-19(26)20-7-5-14(9-20)6-8-20/h3-4,10,13-14,16H,5-9,11-12H2,1-2H3,(H,21,22)(H,23,26)/t13-,14?,16+,20?/m1/s1. The Kier molecular flexibility index (Phi) is 4.37. The van der Waals surface area contributed by atoms with Gasteiger partial charge < -0.3 is 15.5 Å². The number of carbonyl (C=O) groups excluding carboxylic acids is 2. The van der Waals surface area contributed by atoms with Crippen LogP contribution in [0.15, 0.2) is 18.3 Å². The van der Waals surface area contributed by atoms with Crippen LogP contribution >= 0.6 is 0 Å². The Balaban J connectivity index is 1.39. The maximum Gasteiger partial charge on any atom is 0.255 e. The first-order valence-corrected chi connectivity index (χ1v) is 9.75. The highest BCUT2D eigenvalue weighted by Crippen LogP contribution is 2.54. The van der Waals surface area contributed by atoms with Gasteiger partial charge in [0.25, 0.3) is 5.91 Å². The van der Waals surface area contributed by atoms with Crippen molar-refractivity contribution in [1.82, 2.24) is 15.2 Å². The van der Waals surface area contributed by atoms with Crippen LogP contribution in [0.3, 0.4) is 0 Å². The Labute approximate surface area is 154 Å². The van der Waals surface area contributed by atoms with Crippen molar-refractivity contribution in [3.05, 3.63) is 23.9 Å². The van der Waals surface area contributed by atoms with Crippen molar-refractivity contribution in [3.63, 3.8) is 0 Å².